The quantitative estimate of drug-likeness (QED) is 0.421. The highest BCUT2D eigenvalue weighted by Gasteiger charge is 2.54. The van der Waals surface area contributed by atoms with Gasteiger partial charge in [-0.3, -0.25) is 14.4 Å². The molecule has 0 spiro atoms. The van der Waals surface area contributed by atoms with Crippen LogP contribution in [0, 0.1) is 0 Å². The minimum absolute atomic E-state index is 0.0739. The topological polar surface area (TPSA) is 150 Å². The molecule has 10 heteroatoms. The number of hydrogen-bond donors (Lipinski definition) is 4. The third-order valence-electron chi connectivity index (χ3n) is 3.93. The van der Waals surface area contributed by atoms with E-state index in [0.29, 0.717) is 18.6 Å². The Kier molecular flexibility index (Phi) is 5.47. The monoisotopic (exact) mass is 345 g/mol. The lowest BCUT2D eigenvalue weighted by Gasteiger charge is -2.51. The van der Waals surface area contributed by atoms with Crippen LogP contribution in [-0.2, 0) is 19.2 Å². The van der Waals surface area contributed by atoms with Crippen molar-refractivity contribution in [3.05, 3.63) is 0 Å². The van der Waals surface area contributed by atoms with Crippen molar-refractivity contribution < 1.29 is 29.4 Å². The Labute approximate surface area is 136 Å². The fraction of sp³-hybridized carbons (Fsp3) is 0.692. The summed E-state index contributed by atoms with van der Waals surface area (Å²) in [4.78, 5) is 46.9. The largest absolute Gasteiger partial charge is 0.480 e. The zero-order chi connectivity index (χ0) is 17.1. The van der Waals surface area contributed by atoms with E-state index in [0.717, 1.165) is 0 Å². The molecule has 0 bridgehead atoms. The van der Waals surface area contributed by atoms with Crippen LogP contribution >= 0.6 is 11.8 Å². The number of carboxylic acids is 2. The average molecular weight is 345 g/mol. The van der Waals surface area contributed by atoms with Gasteiger partial charge in [-0.15, -0.1) is 11.8 Å². The van der Waals surface area contributed by atoms with E-state index in [2.05, 4.69) is 5.32 Å². The Morgan fingerprint density at radius 2 is 2.09 bits per heavy atom. The molecule has 2 aliphatic rings. The summed E-state index contributed by atoms with van der Waals surface area (Å²) in [6, 6.07) is -2.54. The van der Waals surface area contributed by atoms with E-state index in [1.807, 2.05) is 0 Å². The van der Waals surface area contributed by atoms with Gasteiger partial charge in [0.25, 0.3) is 0 Å². The number of nitrogens with two attached hydrogens (primary N) is 1. The third-order valence-corrected chi connectivity index (χ3v) is 5.25. The highest BCUT2D eigenvalue weighted by Crippen LogP contribution is 2.38. The molecule has 3 unspecified atom stereocenters. The van der Waals surface area contributed by atoms with Gasteiger partial charge in [-0.1, -0.05) is 0 Å². The summed E-state index contributed by atoms with van der Waals surface area (Å²) < 4.78 is 0. The van der Waals surface area contributed by atoms with Crippen LogP contribution in [0.25, 0.3) is 0 Å². The Balaban J connectivity index is 1.80. The molecule has 0 aromatic carbocycles. The van der Waals surface area contributed by atoms with Crippen LogP contribution in [0.1, 0.15) is 25.7 Å². The van der Waals surface area contributed by atoms with E-state index in [-0.39, 0.29) is 30.0 Å². The zero-order valence-electron chi connectivity index (χ0n) is 12.3. The molecule has 0 saturated carbocycles. The number of carboxylic acid groups (broad SMARTS) is 2. The summed E-state index contributed by atoms with van der Waals surface area (Å²) in [5, 5.41) is 20.0. The van der Waals surface area contributed by atoms with Gasteiger partial charge in [0.1, 0.15) is 23.5 Å². The first-order chi connectivity index (χ1) is 10.8. The zero-order valence-corrected chi connectivity index (χ0v) is 13.1. The van der Waals surface area contributed by atoms with Gasteiger partial charge in [0.15, 0.2) is 0 Å². The minimum Gasteiger partial charge on any atom is -0.480 e. The molecule has 2 amide bonds. The summed E-state index contributed by atoms with van der Waals surface area (Å²) >= 11 is 1.45. The van der Waals surface area contributed by atoms with Crippen LogP contribution in [0.5, 0.6) is 0 Å². The van der Waals surface area contributed by atoms with E-state index in [4.69, 9.17) is 15.9 Å². The fourth-order valence-corrected chi connectivity index (χ4v) is 4.05. The Hall–Kier alpha value is -1.81. The summed E-state index contributed by atoms with van der Waals surface area (Å²) in [5.74, 6) is -2.28. The number of rotatable bonds is 7. The van der Waals surface area contributed by atoms with Crippen molar-refractivity contribution in [1.29, 1.82) is 0 Å². The standard InChI is InChI=1S/C13H19N3O6S/c14-6(12(19)20)2-1-3-8(17)15-9-10(18)16-7(13(21)22)4-5-23-11(9)16/h6-7,9,11H,1-5,14H2,(H,15,17)(H,19,20)(H,21,22)/t6?,7?,9-,11?/m1/s1. The second kappa shape index (κ2) is 7.18. The first-order valence-electron chi connectivity index (χ1n) is 7.27. The molecule has 2 fully saturated rings. The van der Waals surface area contributed by atoms with Gasteiger partial charge in [-0.25, -0.2) is 4.79 Å². The SMILES string of the molecule is NC(CCCC(=O)N[C@@H]1C(=O)N2C(C(=O)O)CCSC12)C(=O)O. The number of fused-ring (bicyclic) bond motifs is 1. The number of hydrogen-bond acceptors (Lipinski definition) is 6. The van der Waals surface area contributed by atoms with Crippen molar-refractivity contribution in [2.75, 3.05) is 5.75 Å². The van der Waals surface area contributed by atoms with Crippen LogP contribution in [-0.4, -0.2) is 68.1 Å². The van der Waals surface area contributed by atoms with E-state index in [1.54, 1.807) is 0 Å². The summed E-state index contributed by atoms with van der Waals surface area (Å²) in [6.45, 7) is 0. The molecule has 0 aromatic rings. The van der Waals surface area contributed by atoms with Gasteiger partial charge in [-0.2, -0.15) is 0 Å². The Bertz CT molecular complexity index is 528. The molecule has 2 aliphatic heterocycles. The predicted octanol–water partition coefficient (Wildman–Crippen LogP) is -1.19. The molecular weight excluding hydrogens is 326 g/mol. The van der Waals surface area contributed by atoms with E-state index >= 15 is 0 Å². The number of β-lactam (4-membered cyclic amide) rings is 1. The molecule has 2 saturated heterocycles. The lowest BCUT2D eigenvalue weighted by molar-refractivity contribution is -0.162. The molecule has 0 radical (unpaired) electrons. The molecular formula is C13H19N3O6S. The average Bonchev–Trinajstić information content (AvgIpc) is 2.51. The maximum Gasteiger partial charge on any atom is 0.326 e. The van der Waals surface area contributed by atoms with Gasteiger partial charge in [0, 0.05) is 6.42 Å². The van der Waals surface area contributed by atoms with Crippen molar-refractivity contribution in [1.82, 2.24) is 10.2 Å². The number of nitrogens with zero attached hydrogens (tertiary/aromatic N) is 1. The van der Waals surface area contributed by atoms with Crippen molar-refractivity contribution in [3.8, 4) is 0 Å². The number of nitrogens with one attached hydrogen (secondary N) is 1. The Morgan fingerprint density at radius 1 is 1.39 bits per heavy atom. The van der Waals surface area contributed by atoms with Gasteiger partial charge in [-0.05, 0) is 25.0 Å². The molecule has 4 atom stereocenters. The first-order valence-corrected chi connectivity index (χ1v) is 8.32. The normalized spacial score (nSPS) is 27.6. The van der Waals surface area contributed by atoms with Crippen LogP contribution in [0.15, 0.2) is 0 Å². The molecule has 9 nitrogen and oxygen atoms in total. The van der Waals surface area contributed by atoms with Crippen molar-refractivity contribution in [2.24, 2.45) is 5.73 Å². The number of carbonyl (C=O) groups excluding carboxylic acids is 2. The molecule has 0 aliphatic carbocycles. The maximum atomic E-state index is 12.1. The molecule has 23 heavy (non-hydrogen) atoms. The summed E-state index contributed by atoms with van der Waals surface area (Å²) in [6.07, 6.45) is 0.951. The third kappa shape index (κ3) is 3.75. The number of carbonyl (C=O) groups is 4. The highest BCUT2D eigenvalue weighted by molar-refractivity contribution is 8.00. The van der Waals surface area contributed by atoms with Gasteiger partial charge in [0.05, 0.1) is 0 Å². The summed E-state index contributed by atoms with van der Waals surface area (Å²) in [5.41, 5.74) is 5.34. The fourth-order valence-electron chi connectivity index (χ4n) is 2.66. The second-order valence-corrected chi connectivity index (χ2v) is 6.76. The van der Waals surface area contributed by atoms with Gasteiger partial charge in [0.2, 0.25) is 11.8 Å². The molecule has 2 rings (SSSR count). The van der Waals surface area contributed by atoms with Crippen LogP contribution in [0.2, 0.25) is 0 Å². The highest BCUT2D eigenvalue weighted by atomic mass is 32.2. The molecule has 5 N–H and O–H groups in total. The lowest BCUT2D eigenvalue weighted by atomic mass is 10.0. The van der Waals surface area contributed by atoms with Crippen LogP contribution in [0.3, 0.4) is 0 Å². The van der Waals surface area contributed by atoms with Crippen molar-refractivity contribution in [2.45, 2.75) is 49.2 Å². The van der Waals surface area contributed by atoms with Gasteiger partial charge >= 0.3 is 11.9 Å². The number of aliphatic carboxylic acids is 2. The minimum atomic E-state index is -1.12. The first kappa shape index (κ1) is 17.5. The maximum absolute atomic E-state index is 12.1. The van der Waals surface area contributed by atoms with Crippen LogP contribution in [0.4, 0.5) is 0 Å². The Morgan fingerprint density at radius 3 is 2.70 bits per heavy atom. The molecule has 0 aromatic heterocycles. The predicted molar refractivity (Wildman–Crippen MR) is 80.5 cm³/mol. The smallest absolute Gasteiger partial charge is 0.326 e. The van der Waals surface area contributed by atoms with Crippen molar-refractivity contribution >= 4 is 35.5 Å². The molecule has 128 valence electrons. The molecule has 2 heterocycles. The van der Waals surface area contributed by atoms with Crippen molar-refractivity contribution in [3.63, 3.8) is 0 Å². The van der Waals surface area contributed by atoms with Gasteiger partial charge < -0.3 is 26.2 Å². The summed E-state index contributed by atoms with van der Waals surface area (Å²) in [7, 11) is 0. The number of amides is 2. The number of thioether (sulfide) groups is 1. The van der Waals surface area contributed by atoms with E-state index < -0.39 is 30.1 Å². The second-order valence-electron chi connectivity index (χ2n) is 5.53. The van der Waals surface area contributed by atoms with E-state index in [9.17, 15) is 19.2 Å². The van der Waals surface area contributed by atoms with Crippen LogP contribution < -0.4 is 11.1 Å². The lowest BCUT2D eigenvalue weighted by Crippen LogP contribution is -2.74. The van der Waals surface area contributed by atoms with E-state index in [1.165, 1.54) is 16.7 Å².